The van der Waals surface area contributed by atoms with Crippen LogP contribution < -0.4 is 5.73 Å². The van der Waals surface area contributed by atoms with Crippen molar-refractivity contribution in [1.29, 1.82) is 0 Å². The molecule has 7 heteroatoms. The first-order valence-corrected chi connectivity index (χ1v) is 5.38. The lowest BCUT2D eigenvalue weighted by Crippen LogP contribution is -2.26. The Kier molecular flexibility index (Phi) is 4.66. The molecule has 0 saturated heterocycles. The summed E-state index contributed by atoms with van der Waals surface area (Å²) in [6, 6.07) is 4.01. The first kappa shape index (κ1) is 14.4. The van der Waals surface area contributed by atoms with E-state index < -0.39 is 30.5 Å². The van der Waals surface area contributed by atoms with Crippen molar-refractivity contribution >= 4 is 23.5 Å². The van der Waals surface area contributed by atoms with Gasteiger partial charge in [0.25, 0.3) is 0 Å². The highest BCUT2D eigenvalue weighted by Crippen LogP contribution is 2.29. The molecule has 0 aliphatic heterocycles. The van der Waals surface area contributed by atoms with Crippen LogP contribution in [0.4, 0.5) is 0 Å². The van der Waals surface area contributed by atoms with Gasteiger partial charge in [-0.15, -0.1) is 0 Å². The van der Waals surface area contributed by atoms with Crippen LogP contribution in [0.1, 0.15) is 28.4 Å². The van der Waals surface area contributed by atoms with Gasteiger partial charge in [-0.3, -0.25) is 4.79 Å². The Balaban J connectivity index is 3.06. The van der Waals surface area contributed by atoms with Crippen molar-refractivity contribution in [3.05, 3.63) is 34.3 Å². The molecule has 98 valence electrons. The van der Waals surface area contributed by atoms with Crippen LogP contribution in [0.3, 0.4) is 0 Å². The van der Waals surface area contributed by atoms with Gasteiger partial charge >= 0.3 is 5.97 Å². The number of carboxylic acid groups (broad SMARTS) is 1. The molecule has 0 aromatic heterocycles. The Morgan fingerprint density at radius 3 is 2.44 bits per heavy atom. The predicted octanol–water partition coefficient (Wildman–Crippen LogP) is 0.308. The fourth-order valence-corrected chi connectivity index (χ4v) is 1.79. The smallest absolute Gasteiger partial charge is 0.337 e. The number of aliphatic hydroxyl groups excluding tert-OH is 2. The second-order valence-electron chi connectivity index (χ2n) is 3.70. The average Bonchev–Trinajstić information content (AvgIpc) is 2.27. The van der Waals surface area contributed by atoms with Gasteiger partial charge in [0.1, 0.15) is 6.10 Å². The summed E-state index contributed by atoms with van der Waals surface area (Å²) in [6.07, 6.45) is -3.37. The lowest BCUT2D eigenvalue weighted by Gasteiger charge is -2.18. The van der Waals surface area contributed by atoms with E-state index in [1.54, 1.807) is 0 Å². The number of rotatable bonds is 5. The summed E-state index contributed by atoms with van der Waals surface area (Å²) in [6.45, 7) is 0. The standard InChI is InChI=1S/C11H12ClNO5/c12-9-5(2-1-3-6(9)11(17)18)10(16)7(14)4-8(13)15/h1-3,7,10,14,16H,4H2,(H2,13,15)(H,17,18). The number of carbonyl (C=O) groups is 2. The number of nitrogens with two attached hydrogens (primary N) is 1. The summed E-state index contributed by atoms with van der Waals surface area (Å²) >= 11 is 5.81. The van der Waals surface area contributed by atoms with E-state index in [-0.39, 0.29) is 16.1 Å². The number of aromatic carboxylic acids is 1. The zero-order valence-corrected chi connectivity index (χ0v) is 9.96. The van der Waals surface area contributed by atoms with E-state index in [1.807, 2.05) is 0 Å². The quantitative estimate of drug-likeness (QED) is 0.615. The Bertz CT molecular complexity index is 477. The minimum atomic E-state index is -1.48. The molecule has 0 radical (unpaired) electrons. The molecular weight excluding hydrogens is 262 g/mol. The van der Waals surface area contributed by atoms with Crippen molar-refractivity contribution in [2.75, 3.05) is 0 Å². The molecule has 0 aliphatic carbocycles. The lowest BCUT2D eigenvalue weighted by molar-refractivity contribution is -0.121. The van der Waals surface area contributed by atoms with Crippen LogP contribution in [0, 0.1) is 0 Å². The first-order valence-electron chi connectivity index (χ1n) is 5.00. The van der Waals surface area contributed by atoms with Crippen LogP contribution in [0.2, 0.25) is 5.02 Å². The van der Waals surface area contributed by atoms with E-state index in [9.17, 15) is 19.8 Å². The maximum atomic E-state index is 10.8. The highest BCUT2D eigenvalue weighted by Gasteiger charge is 2.24. The van der Waals surface area contributed by atoms with Gasteiger partial charge in [0.05, 0.1) is 23.1 Å². The normalized spacial score (nSPS) is 13.9. The number of amides is 1. The molecule has 0 fully saturated rings. The fraction of sp³-hybridized carbons (Fsp3) is 0.273. The van der Waals surface area contributed by atoms with Gasteiger partial charge in [0.2, 0.25) is 5.91 Å². The third-order valence-corrected chi connectivity index (χ3v) is 2.77. The van der Waals surface area contributed by atoms with Crippen molar-refractivity contribution in [2.24, 2.45) is 5.73 Å². The summed E-state index contributed by atoms with van der Waals surface area (Å²) in [5.74, 6) is -2.04. The van der Waals surface area contributed by atoms with E-state index in [4.69, 9.17) is 22.4 Å². The minimum absolute atomic E-state index is 0.0327. The number of carbonyl (C=O) groups excluding carboxylic acids is 1. The Hall–Kier alpha value is -1.63. The molecule has 1 amide bonds. The molecule has 0 bridgehead atoms. The number of halogens is 1. The van der Waals surface area contributed by atoms with E-state index in [0.717, 1.165) is 0 Å². The molecule has 2 atom stereocenters. The van der Waals surface area contributed by atoms with Crippen molar-refractivity contribution in [1.82, 2.24) is 0 Å². The summed E-state index contributed by atoms with van der Waals surface area (Å²) in [7, 11) is 0. The Labute approximate surface area is 108 Å². The van der Waals surface area contributed by atoms with Crippen LogP contribution in [-0.4, -0.2) is 33.3 Å². The Morgan fingerprint density at radius 1 is 1.33 bits per heavy atom. The van der Waals surface area contributed by atoms with Crippen LogP contribution in [0.25, 0.3) is 0 Å². The molecule has 18 heavy (non-hydrogen) atoms. The zero-order chi connectivity index (χ0) is 13.9. The molecule has 0 saturated carbocycles. The Morgan fingerprint density at radius 2 is 1.94 bits per heavy atom. The summed E-state index contributed by atoms with van der Waals surface area (Å²) in [5.41, 5.74) is 4.73. The SMILES string of the molecule is NC(=O)CC(O)C(O)c1cccc(C(=O)O)c1Cl. The molecular formula is C11H12ClNO5. The summed E-state index contributed by atoms with van der Waals surface area (Å²) < 4.78 is 0. The number of hydrogen-bond acceptors (Lipinski definition) is 4. The van der Waals surface area contributed by atoms with E-state index >= 15 is 0 Å². The molecule has 0 heterocycles. The van der Waals surface area contributed by atoms with Gasteiger partial charge in [-0.1, -0.05) is 23.7 Å². The van der Waals surface area contributed by atoms with Gasteiger partial charge in [-0.05, 0) is 6.07 Å². The molecule has 1 aromatic rings. The number of benzene rings is 1. The maximum absolute atomic E-state index is 10.8. The van der Waals surface area contributed by atoms with Crippen LogP contribution in [0.5, 0.6) is 0 Å². The van der Waals surface area contributed by atoms with Gasteiger partial charge in [0.15, 0.2) is 0 Å². The first-order chi connectivity index (χ1) is 8.34. The second-order valence-corrected chi connectivity index (χ2v) is 4.07. The number of primary amides is 1. The number of carboxylic acids is 1. The fourth-order valence-electron chi connectivity index (χ4n) is 1.47. The third kappa shape index (κ3) is 3.19. The van der Waals surface area contributed by atoms with Crippen molar-refractivity contribution in [2.45, 2.75) is 18.6 Å². The molecule has 0 aliphatic rings. The van der Waals surface area contributed by atoms with Crippen molar-refractivity contribution < 1.29 is 24.9 Å². The molecule has 5 N–H and O–H groups in total. The number of hydrogen-bond donors (Lipinski definition) is 4. The zero-order valence-electron chi connectivity index (χ0n) is 9.21. The number of aliphatic hydroxyl groups is 2. The maximum Gasteiger partial charge on any atom is 0.337 e. The second kappa shape index (κ2) is 5.81. The largest absolute Gasteiger partial charge is 0.478 e. The van der Waals surface area contributed by atoms with Crippen molar-refractivity contribution in [3.8, 4) is 0 Å². The molecule has 1 rings (SSSR count). The van der Waals surface area contributed by atoms with Gasteiger partial charge < -0.3 is 21.1 Å². The lowest BCUT2D eigenvalue weighted by atomic mass is 10.00. The molecule has 6 nitrogen and oxygen atoms in total. The van der Waals surface area contributed by atoms with E-state index in [2.05, 4.69) is 0 Å². The monoisotopic (exact) mass is 273 g/mol. The predicted molar refractivity (Wildman–Crippen MR) is 63.2 cm³/mol. The highest BCUT2D eigenvalue weighted by atomic mass is 35.5. The van der Waals surface area contributed by atoms with Gasteiger partial charge in [-0.2, -0.15) is 0 Å². The molecule has 2 unspecified atom stereocenters. The van der Waals surface area contributed by atoms with E-state index in [0.29, 0.717) is 0 Å². The minimum Gasteiger partial charge on any atom is -0.478 e. The van der Waals surface area contributed by atoms with E-state index in [1.165, 1.54) is 18.2 Å². The van der Waals surface area contributed by atoms with Crippen LogP contribution >= 0.6 is 11.6 Å². The highest BCUT2D eigenvalue weighted by molar-refractivity contribution is 6.34. The third-order valence-electron chi connectivity index (χ3n) is 2.35. The van der Waals surface area contributed by atoms with Crippen LogP contribution in [0.15, 0.2) is 18.2 Å². The molecule has 1 aromatic carbocycles. The topological polar surface area (TPSA) is 121 Å². The van der Waals surface area contributed by atoms with Gasteiger partial charge in [0, 0.05) is 5.56 Å². The van der Waals surface area contributed by atoms with Crippen LogP contribution in [-0.2, 0) is 4.79 Å². The summed E-state index contributed by atoms with van der Waals surface area (Å²) in [4.78, 5) is 21.5. The van der Waals surface area contributed by atoms with Crippen molar-refractivity contribution in [3.63, 3.8) is 0 Å². The summed E-state index contributed by atoms with van der Waals surface area (Å²) in [5, 5.41) is 28.0. The molecule has 0 spiro atoms. The van der Waals surface area contributed by atoms with Gasteiger partial charge in [-0.25, -0.2) is 4.79 Å². The average molecular weight is 274 g/mol.